The summed E-state index contributed by atoms with van der Waals surface area (Å²) >= 11 is 0. The Morgan fingerprint density at radius 2 is 1.88 bits per heavy atom. The van der Waals surface area contributed by atoms with Crippen LogP contribution in [0.5, 0.6) is 5.75 Å². The van der Waals surface area contributed by atoms with Crippen LogP contribution in [0.4, 0.5) is 5.69 Å². The quantitative estimate of drug-likeness (QED) is 0.721. The Hall–Kier alpha value is -3.01. The molecular formula is C21H19NO3. The average Bonchev–Trinajstić information content (AvgIpc) is 3.29. The molecule has 3 aromatic rings. The number of carbonyl (C=O) groups is 1. The minimum absolute atomic E-state index is 0.0588. The van der Waals surface area contributed by atoms with Crippen molar-refractivity contribution in [3.8, 4) is 5.75 Å². The molecule has 0 bridgehead atoms. The molecule has 0 unspecified atom stereocenters. The van der Waals surface area contributed by atoms with Crippen LogP contribution in [0.1, 0.15) is 16.9 Å². The van der Waals surface area contributed by atoms with E-state index in [1.165, 1.54) is 0 Å². The van der Waals surface area contributed by atoms with E-state index in [1.54, 1.807) is 11.2 Å². The Kier molecular flexibility index (Phi) is 4.02. The molecule has 0 radical (unpaired) electrons. The fourth-order valence-corrected chi connectivity index (χ4v) is 3.07. The van der Waals surface area contributed by atoms with E-state index in [1.807, 2.05) is 67.6 Å². The molecule has 1 aromatic heterocycles. The smallest absolute Gasteiger partial charge is 0.268 e. The van der Waals surface area contributed by atoms with E-state index in [-0.39, 0.29) is 5.91 Å². The highest BCUT2D eigenvalue weighted by Crippen LogP contribution is 2.30. The normalized spacial score (nSPS) is 15.5. The van der Waals surface area contributed by atoms with Gasteiger partial charge in [-0.05, 0) is 42.8 Å². The number of hydrogen-bond donors (Lipinski definition) is 0. The fourth-order valence-electron chi connectivity index (χ4n) is 3.07. The molecular weight excluding hydrogens is 314 g/mol. The highest BCUT2D eigenvalue weighted by Gasteiger charge is 2.33. The van der Waals surface area contributed by atoms with Gasteiger partial charge in [-0.15, -0.1) is 0 Å². The van der Waals surface area contributed by atoms with Gasteiger partial charge in [-0.3, -0.25) is 4.79 Å². The molecule has 1 aliphatic heterocycles. The van der Waals surface area contributed by atoms with Crippen LogP contribution in [0, 0.1) is 6.92 Å². The van der Waals surface area contributed by atoms with Gasteiger partial charge in [-0.2, -0.15) is 0 Å². The van der Waals surface area contributed by atoms with Gasteiger partial charge in [0.05, 0.1) is 12.8 Å². The Morgan fingerprint density at radius 1 is 1.08 bits per heavy atom. The summed E-state index contributed by atoms with van der Waals surface area (Å²) in [6.07, 6.45) is 1.71. The van der Waals surface area contributed by atoms with Crippen LogP contribution in [0.25, 0.3) is 0 Å². The molecule has 25 heavy (non-hydrogen) atoms. The van der Waals surface area contributed by atoms with E-state index in [2.05, 4.69) is 0 Å². The lowest BCUT2D eigenvalue weighted by molar-refractivity contribution is -0.124. The van der Waals surface area contributed by atoms with Crippen molar-refractivity contribution in [3.05, 3.63) is 83.8 Å². The summed E-state index contributed by atoms with van der Waals surface area (Å²) in [4.78, 5) is 14.9. The van der Waals surface area contributed by atoms with Crippen LogP contribution >= 0.6 is 0 Å². The standard InChI is InChI=1S/C21H19NO3/c1-15-8-10-17(11-9-15)22(14-18-6-4-12-24-18)21(23)20-13-16-5-2-3-7-19(16)25-20/h2-12,20H,13-14H2,1H3/t20-/m0/s1. The number of nitrogens with zero attached hydrogens (tertiary/aromatic N) is 1. The Balaban J connectivity index is 1.61. The number of hydrogen-bond acceptors (Lipinski definition) is 3. The number of para-hydroxylation sites is 1. The minimum Gasteiger partial charge on any atom is -0.480 e. The van der Waals surface area contributed by atoms with Crippen LogP contribution in [-0.4, -0.2) is 12.0 Å². The van der Waals surface area contributed by atoms with E-state index in [9.17, 15) is 4.79 Å². The first-order valence-corrected chi connectivity index (χ1v) is 8.36. The van der Waals surface area contributed by atoms with Crippen molar-refractivity contribution in [1.82, 2.24) is 0 Å². The summed E-state index contributed by atoms with van der Waals surface area (Å²) in [7, 11) is 0. The summed E-state index contributed by atoms with van der Waals surface area (Å²) in [6.45, 7) is 2.41. The van der Waals surface area contributed by atoms with Gasteiger partial charge in [0.25, 0.3) is 5.91 Å². The second kappa shape index (κ2) is 6.48. The molecule has 0 aliphatic carbocycles. The van der Waals surface area contributed by atoms with Crippen molar-refractivity contribution in [3.63, 3.8) is 0 Å². The fraction of sp³-hybridized carbons (Fsp3) is 0.190. The summed E-state index contributed by atoms with van der Waals surface area (Å²) in [6, 6.07) is 19.4. The zero-order chi connectivity index (χ0) is 17.2. The first-order chi connectivity index (χ1) is 12.2. The summed E-state index contributed by atoms with van der Waals surface area (Å²) in [5.41, 5.74) is 3.06. The molecule has 0 spiro atoms. The van der Waals surface area contributed by atoms with Crippen LogP contribution in [0.15, 0.2) is 71.3 Å². The van der Waals surface area contributed by atoms with E-state index < -0.39 is 6.10 Å². The van der Waals surface area contributed by atoms with Gasteiger partial charge in [0.1, 0.15) is 11.5 Å². The van der Waals surface area contributed by atoms with Gasteiger partial charge in [-0.1, -0.05) is 35.9 Å². The number of fused-ring (bicyclic) bond motifs is 1. The average molecular weight is 333 g/mol. The lowest BCUT2D eigenvalue weighted by Crippen LogP contribution is -2.41. The Morgan fingerprint density at radius 3 is 2.60 bits per heavy atom. The SMILES string of the molecule is Cc1ccc(N(Cc2ccco2)C(=O)[C@@H]2Cc3ccccc3O2)cc1. The maximum atomic E-state index is 13.2. The summed E-state index contributed by atoms with van der Waals surface area (Å²) in [5.74, 6) is 1.48. The molecule has 1 aliphatic rings. The topological polar surface area (TPSA) is 42.7 Å². The molecule has 4 nitrogen and oxygen atoms in total. The van der Waals surface area contributed by atoms with Crippen molar-refractivity contribution >= 4 is 11.6 Å². The van der Waals surface area contributed by atoms with Gasteiger partial charge in [-0.25, -0.2) is 0 Å². The second-order valence-electron chi connectivity index (χ2n) is 6.26. The van der Waals surface area contributed by atoms with Gasteiger partial charge < -0.3 is 14.1 Å². The van der Waals surface area contributed by atoms with Gasteiger partial charge in [0.2, 0.25) is 0 Å². The van der Waals surface area contributed by atoms with E-state index in [0.29, 0.717) is 13.0 Å². The van der Waals surface area contributed by atoms with Crippen molar-refractivity contribution in [2.45, 2.75) is 26.0 Å². The molecule has 0 saturated heterocycles. The maximum absolute atomic E-state index is 13.2. The van der Waals surface area contributed by atoms with Crippen molar-refractivity contribution in [2.24, 2.45) is 0 Å². The van der Waals surface area contributed by atoms with E-state index in [0.717, 1.165) is 28.3 Å². The van der Waals surface area contributed by atoms with Crippen LogP contribution in [0.2, 0.25) is 0 Å². The van der Waals surface area contributed by atoms with Crippen molar-refractivity contribution in [2.75, 3.05) is 4.90 Å². The van der Waals surface area contributed by atoms with Crippen molar-refractivity contribution < 1.29 is 13.9 Å². The number of anilines is 1. The third kappa shape index (κ3) is 3.15. The number of amides is 1. The van der Waals surface area contributed by atoms with Gasteiger partial charge in [0, 0.05) is 12.1 Å². The molecule has 1 atom stereocenters. The lowest BCUT2D eigenvalue weighted by atomic mass is 10.1. The molecule has 4 rings (SSSR count). The first-order valence-electron chi connectivity index (χ1n) is 8.36. The summed E-state index contributed by atoms with van der Waals surface area (Å²) in [5, 5.41) is 0. The van der Waals surface area contributed by atoms with E-state index >= 15 is 0 Å². The monoisotopic (exact) mass is 333 g/mol. The number of aryl methyl sites for hydroxylation is 1. The van der Waals surface area contributed by atoms with E-state index in [4.69, 9.17) is 9.15 Å². The largest absolute Gasteiger partial charge is 0.480 e. The zero-order valence-corrected chi connectivity index (χ0v) is 14.0. The van der Waals surface area contributed by atoms with Crippen LogP contribution < -0.4 is 9.64 Å². The Labute approximate surface area is 146 Å². The van der Waals surface area contributed by atoms with Crippen LogP contribution in [-0.2, 0) is 17.8 Å². The minimum atomic E-state index is -0.506. The number of benzene rings is 2. The number of furan rings is 1. The van der Waals surface area contributed by atoms with Gasteiger partial charge >= 0.3 is 0 Å². The molecule has 1 amide bonds. The first kappa shape index (κ1) is 15.5. The Bertz CT molecular complexity index is 843. The highest BCUT2D eigenvalue weighted by molar-refractivity contribution is 5.97. The lowest BCUT2D eigenvalue weighted by Gasteiger charge is -2.25. The maximum Gasteiger partial charge on any atom is 0.268 e. The zero-order valence-electron chi connectivity index (χ0n) is 14.0. The summed E-state index contributed by atoms with van der Waals surface area (Å²) < 4.78 is 11.3. The van der Waals surface area contributed by atoms with Crippen molar-refractivity contribution in [1.29, 1.82) is 0 Å². The number of ether oxygens (including phenoxy) is 1. The number of carbonyl (C=O) groups excluding carboxylic acids is 1. The predicted octanol–water partition coefficient (Wildman–Crippen LogP) is 4.12. The third-order valence-corrected chi connectivity index (χ3v) is 4.43. The van der Waals surface area contributed by atoms with Gasteiger partial charge in [0.15, 0.2) is 6.10 Å². The molecule has 0 fully saturated rings. The number of rotatable bonds is 4. The molecule has 0 saturated carbocycles. The second-order valence-corrected chi connectivity index (χ2v) is 6.26. The molecule has 0 N–H and O–H groups in total. The molecule has 2 heterocycles. The van der Waals surface area contributed by atoms with Crippen LogP contribution in [0.3, 0.4) is 0 Å². The molecule has 126 valence electrons. The molecule has 2 aromatic carbocycles. The highest BCUT2D eigenvalue weighted by atomic mass is 16.5. The molecule has 4 heteroatoms. The third-order valence-electron chi connectivity index (χ3n) is 4.43. The predicted molar refractivity (Wildman–Crippen MR) is 95.6 cm³/mol.